The van der Waals surface area contributed by atoms with Crippen molar-refractivity contribution in [3.8, 4) is 0 Å². The Morgan fingerprint density at radius 2 is 1.90 bits per heavy atom. The van der Waals surface area contributed by atoms with Crippen LogP contribution in [0.25, 0.3) is 0 Å². The summed E-state index contributed by atoms with van der Waals surface area (Å²) >= 11 is 0. The van der Waals surface area contributed by atoms with Gasteiger partial charge in [0.05, 0.1) is 0 Å². The van der Waals surface area contributed by atoms with E-state index in [0.717, 1.165) is 25.8 Å². The van der Waals surface area contributed by atoms with Crippen molar-refractivity contribution in [2.75, 3.05) is 6.54 Å². The molecule has 1 N–H and O–H groups in total. The van der Waals surface area contributed by atoms with Gasteiger partial charge >= 0.3 is 0 Å². The van der Waals surface area contributed by atoms with E-state index in [0.29, 0.717) is 0 Å². The molecule has 0 atom stereocenters. The lowest BCUT2D eigenvalue weighted by molar-refractivity contribution is -0.120. The minimum Gasteiger partial charge on any atom is -0.356 e. The number of hydrogen-bond acceptors (Lipinski definition) is 1. The minimum absolute atomic E-state index is 0.225. The first-order chi connectivity index (χ1) is 4.89. The van der Waals surface area contributed by atoms with Crippen LogP contribution in [0.2, 0.25) is 0 Å². The first-order valence-electron chi connectivity index (χ1n) is 3.66. The van der Waals surface area contributed by atoms with Gasteiger partial charge in [-0.25, -0.2) is 0 Å². The normalized spacial score (nSPS) is 17.8. The Hall–Kier alpha value is -0.790. The number of carbonyl (C=O) groups excluding carboxylic acids is 1. The molecule has 0 saturated carbocycles. The molecule has 1 rings (SSSR count). The standard InChI is InChI=1S/C6H11NO.C2H4/c8-6-4-2-1-3-5-7-6;1-2/h1-5H2,(H,7,8);1-2H2. The van der Waals surface area contributed by atoms with Crippen molar-refractivity contribution in [2.45, 2.75) is 25.7 Å². The van der Waals surface area contributed by atoms with Gasteiger partial charge in [-0.05, 0) is 12.8 Å². The Balaban J connectivity index is 0.000000371. The van der Waals surface area contributed by atoms with Crippen LogP contribution in [-0.2, 0) is 4.79 Å². The van der Waals surface area contributed by atoms with Gasteiger partial charge in [-0.3, -0.25) is 4.79 Å². The molecule has 0 unspecified atom stereocenters. The number of rotatable bonds is 0. The molecule has 1 amide bonds. The fourth-order valence-electron chi connectivity index (χ4n) is 0.904. The Morgan fingerprint density at radius 3 is 2.60 bits per heavy atom. The Labute approximate surface area is 62.3 Å². The van der Waals surface area contributed by atoms with Crippen molar-refractivity contribution in [3.05, 3.63) is 13.2 Å². The van der Waals surface area contributed by atoms with Gasteiger partial charge in [-0.1, -0.05) is 6.42 Å². The van der Waals surface area contributed by atoms with E-state index in [1.165, 1.54) is 6.42 Å². The first-order valence-corrected chi connectivity index (χ1v) is 3.66. The molecule has 1 aliphatic heterocycles. The van der Waals surface area contributed by atoms with Crippen molar-refractivity contribution in [3.63, 3.8) is 0 Å². The van der Waals surface area contributed by atoms with E-state index in [4.69, 9.17) is 0 Å². The van der Waals surface area contributed by atoms with Crippen molar-refractivity contribution in [2.24, 2.45) is 0 Å². The molecular weight excluding hydrogens is 126 g/mol. The molecule has 0 aromatic rings. The smallest absolute Gasteiger partial charge is 0.219 e. The highest BCUT2D eigenvalue weighted by Crippen LogP contribution is 2.02. The highest BCUT2D eigenvalue weighted by molar-refractivity contribution is 5.75. The topological polar surface area (TPSA) is 29.1 Å². The molecule has 0 radical (unpaired) electrons. The summed E-state index contributed by atoms with van der Waals surface area (Å²) in [6.07, 6.45) is 4.18. The molecule has 0 aromatic carbocycles. The largest absolute Gasteiger partial charge is 0.356 e. The fraction of sp³-hybridized carbons (Fsp3) is 0.625. The maximum atomic E-state index is 10.6. The quantitative estimate of drug-likeness (QED) is 0.509. The summed E-state index contributed by atoms with van der Waals surface area (Å²) in [5.41, 5.74) is 0. The molecule has 0 bridgehead atoms. The second-order valence-corrected chi connectivity index (χ2v) is 2.16. The van der Waals surface area contributed by atoms with Gasteiger partial charge in [0.2, 0.25) is 5.91 Å². The van der Waals surface area contributed by atoms with E-state index >= 15 is 0 Å². The molecule has 1 saturated heterocycles. The van der Waals surface area contributed by atoms with Gasteiger partial charge < -0.3 is 5.32 Å². The third-order valence-electron chi connectivity index (χ3n) is 1.40. The van der Waals surface area contributed by atoms with Gasteiger partial charge in [0.15, 0.2) is 0 Å². The lowest BCUT2D eigenvalue weighted by Crippen LogP contribution is -2.21. The molecule has 0 aliphatic carbocycles. The van der Waals surface area contributed by atoms with Crippen molar-refractivity contribution in [1.29, 1.82) is 0 Å². The second kappa shape index (κ2) is 6.33. The summed E-state index contributed by atoms with van der Waals surface area (Å²) in [6, 6.07) is 0. The van der Waals surface area contributed by atoms with E-state index in [-0.39, 0.29) is 5.91 Å². The summed E-state index contributed by atoms with van der Waals surface area (Å²) < 4.78 is 0. The Kier molecular flexibility index (Phi) is 5.83. The molecule has 0 spiro atoms. The van der Waals surface area contributed by atoms with Gasteiger partial charge in [0, 0.05) is 13.0 Å². The van der Waals surface area contributed by atoms with Crippen LogP contribution in [0.5, 0.6) is 0 Å². The van der Waals surface area contributed by atoms with Crippen molar-refractivity contribution >= 4 is 5.91 Å². The molecule has 2 nitrogen and oxygen atoms in total. The van der Waals surface area contributed by atoms with E-state index < -0.39 is 0 Å². The molecule has 1 heterocycles. The molecule has 1 aliphatic rings. The maximum absolute atomic E-state index is 10.6. The highest BCUT2D eigenvalue weighted by Gasteiger charge is 2.03. The summed E-state index contributed by atoms with van der Waals surface area (Å²) in [5.74, 6) is 0.225. The van der Waals surface area contributed by atoms with Crippen LogP contribution < -0.4 is 5.32 Å². The van der Waals surface area contributed by atoms with Crippen molar-refractivity contribution in [1.82, 2.24) is 5.32 Å². The van der Waals surface area contributed by atoms with Gasteiger partial charge in [-0.2, -0.15) is 0 Å². The average molecular weight is 141 g/mol. The summed E-state index contributed by atoms with van der Waals surface area (Å²) in [7, 11) is 0. The minimum atomic E-state index is 0.225. The van der Waals surface area contributed by atoms with Crippen LogP contribution in [0.1, 0.15) is 25.7 Å². The number of hydrogen-bond donors (Lipinski definition) is 1. The molecule has 2 heteroatoms. The zero-order valence-corrected chi connectivity index (χ0v) is 6.36. The number of amides is 1. The fourth-order valence-corrected chi connectivity index (χ4v) is 0.904. The predicted octanol–water partition coefficient (Wildman–Crippen LogP) is 1.48. The SMILES string of the molecule is C=C.O=C1CCCCCN1. The monoisotopic (exact) mass is 141 g/mol. The molecule has 58 valence electrons. The van der Waals surface area contributed by atoms with Crippen LogP contribution in [0.4, 0.5) is 0 Å². The molecular formula is C8H15NO. The summed E-state index contributed by atoms with van der Waals surface area (Å²) in [6.45, 7) is 6.89. The van der Waals surface area contributed by atoms with Crippen LogP contribution in [-0.4, -0.2) is 12.5 Å². The highest BCUT2D eigenvalue weighted by atomic mass is 16.1. The van der Waals surface area contributed by atoms with Crippen LogP contribution in [0.15, 0.2) is 13.2 Å². The van der Waals surface area contributed by atoms with Crippen LogP contribution in [0.3, 0.4) is 0 Å². The molecule has 1 fully saturated rings. The van der Waals surface area contributed by atoms with Gasteiger partial charge in [0.25, 0.3) is 0 Å². The van der Waals surface area contributed by atoms with E-state index in [1.54, 1.807) is 0 Å². The second-order valence-electron chi connectivity index (χ2n) is 2.16. The van der Waals surface area contributed by atoms with Crippen molar-refractivity contribution < 1.29 is 4.79 Å². The summed E-state index contributed by atoms with van der Waals surface area (Å²) in [4.78, 5) is 10.6. The lowest BCUT2D eigenvalue weighted by atomic mass is 10.2. The Morgan fingerprint density at radius 1 is 1.20 bits per heavy atom. The predicted molar refractivity (Wildman–Crippen MR) is 42.7 cm³/mol. The van der Waals surface area contributed by atoms with Crippen LogP contribution >= 0.6 is 0 Å². The maximum Gasteiger partial charge on any atom is 0.219 e. The zero-order valence-electron chi connectivity index (χ0n) is 6.36. The van der Waals surface area contributed by atoms with Gasteiger partial charge in [0.1, 0.15) is 0 Å². The summed E-state index contributed by atoms with van der Waals surface area (Å²) in [5, 5.41) is 2.81. The van der Waals surface area contributed by atoms with E-state index in [9.17, 15) is 4.79 Å². The molecule has 10 heavy (non-hydrogen) atoms. The van der Waals surface area contributed by atoms with E-state index in [2.05, 4.69) is 18.5 Å². The average Bonchev–Trinajstić information content (AvgIpc) is 2.21. The molecule has 0 aromatic heterocycles. The number of carbonyl (C=O) groups is 1. The third kappa shape index (κ3) is 4.13. The van der Waals surface area contributed by atoms with Gasteiger partial charge in [-0.15, -0.1) is 13.2 Å². The first kappa shape index (κ1) is 9.21. The lowest BCUT2D eigenvalue weighted by Gasteiger charge is -1.93. The van der Waals surface area contributed by atoms with Crippen LogP contribution in [0, 0.1) is 0 Å². The van der Waals surface area contributed by atoms with E-state index in [1.807, 2.05) is 0 Å². The Bertz CT molecular complexity index is 91.4. The zero-order chi connectivity index (χ0) is 7.82. The number of nitrogens with one attached hydrogen (secondary N) is 1. The third-order valence-corrected chi connectivity index (χ3v) is 1.40.